The van der Waals surface area contributed by atoms with Crippen molar-refractivity contribution in [1.82, 2.24) is 5.32 Å². The highest BCUT2D eigenvalue weighted by molar-refractivity contribution is 7.10. The molecule has 0 saturated heterocycles. The molecule has 150 valence electrons. The van der Waals surface area contributed by atoms with Gasteiger partial charge in [0.1, 0.15) is 0 Å². The second-order valence-corrected chi connectivity index (χ2v) is 8.29. The van der Waals surface area contributed by atoms with Crippen LogP contribution in [-0.2, 0) is 22.4 Å². The number of amides is 1. The molecule has 0 unspecified atom stereocenters. The van der Waals surface area contributed by atoms with Crippen LogP contribution in [0.15, 0.2) is 72.1 Å². The molecule has 0 aliphatic heterocycles. The van der Waals surface area contributed by atoms with Gasteiger partial charge in [0.25, 0.3) is 0 Å². The van der Waals surface area contributed by atoms with E-state index in [0.29, 0.717) is 19.3 Å². The predicted octanol–water partition coefficient (Wildman–Crippen LogP) is 4.80. The Kier molecular flexibility index (Phi) is 7.19. The maximum Gasteiger partial charge on any atom is 0.306 e. The Balaban J connectivity index is 1.68. The first-order chi connectivity index (χ1) is 14.0. The van der Waals surface area contributed by atoms with Crippen LogP contribution >= 0.6 is 11.3 Å². The molecule has 0 spiro atoms. The number of benzene rings is 2. The monoisotopic (exact) mass is 407 g/mol. The lowest BCUT2D eigenvalue weighted by atomic mass is 9.95. The van der Waals surface area contributed by atoms with Crippen LogP contribution < -0.4 is 5.32 Å². The number of carboxylic acids is 1. The minimum Gasteiger partial charge on any atom is -0.481 e. The third-order valence-electron chi connectivity index (χ3n) is 4.88. The van der Waals surface area contributed by atoms with Gasteiger partial charge >= 0.3 is 5.97 Å². The Bertz CT molecular complexity index is 921. The molecule has 5 heteroatoms. The number of carboxylic acid groups (broad SMARTS) is 1. The molecule has 3 aromatic rings. The maximum atomic E-state index is 12.4. The van der Waals surface area contributed by atoms with E-state index in [2.05, 4.69) is 29.6 Å². The van der Waals surface area contributed by atoms with Crippen molar-refractivity contribution >= 4 is 23.2 Å². The Labute approximate surface area is 175 Å². The van der Waals surface area contributed by atoms with Crippen molar-refractivity contribution in [3.63, 3.8) is 0 Å². The number of aliphatic carboxylic acids is 1. The molecule has 0 fully saturated rings. The summed E-state index contributed by atoms with van der Waals surface area (Å²) in [5, 5.41) is 14.3. The minimum absolute atomic E-state index is 0.0732. The number of hydrogen-bond acceptors (Lipinski definition) is 3. The van der Waals surface area contributed by atoms with Gasteiger partial charge in [-0.25, -0.2) is 0 Å². The zero-order valence-corrected chi connectivity index (χ0v) is 17.2. The summed E-state index contributed by atoms with van der Waals surface area (Å²) in [5.41, 5.74) is 3.36. The van der Waals surface area contributed by atoms with Crippen LogP contribution in [0.4, 0.5) is 0 Å². The van der Waals surface area contributed by atoms with E-state index in [1.807, 2.05) is 47.8 Å². The van der Waals surface area contributed by atoms with Crippen LogP contribution in [0.3, 0.4) is 0 Å². The normalized spacial score (nSPS) is 12.9. The summed E-state index contributed by atoms with van der Waals surface area (Å²) in [7, 11) is 0. The molecule has 2 N–H and O–H groups in total. The first kappa shape index (κ1) is 20.8. The Morgan fingerprint density at radius 3 is 2.28 bits per heavy atom. The topological polar surface area (TPSA) is 66.4 Å². The standard InChI is InChI=1S/C24H25NO3S/c1-17(24(27)28)14-21(25-23(26)16-22-8-5-13-29-22)15-18-9-11-20(12-10-18)19-6-3-2-4-7-19/h2-13,17,21H,14-16H2,1H3,(H,25,26)(H,27,28)/t17-,21+/m1/s1. The summed E-state index contributed by atoms with van der Waals surface area (Å²) in [6.07, 6.45) is 1.32. The van der Waals surface area contributed by atoms with Crippen LogP contribution in [-0.4, -0.2) is 23.0 Å². The van der Waals surface area contributed by atoms with Gasteiger partial charge in [0, 0.05) is 10.9 Å². The van der Waals surface area contributed by atoms with Crippen molar-refractivity contribution in [3.05, 3.63) is 82.6 Å². The number of hydrogen-bond donors (Lipinski definition) is 2. The lowest BCUT2D eigenvalue weighted by molar-refractivity contribution is -0.141. The van der Waals surface area contributed by atoms with E-state index >= 15 is 0 Å². The zero-order valence-electron chi connectivity index (χ0n) is 16.4. The summed E-state index contributed by atoms with van der Waals surface area (Å²) in [6.45, 7) is 1.68. The molecule has 0 aliphatic carbocycles. The lowest BCUT2D eigenvalue weighted by Gasteiger charge is -2.21. The fourth-order valence-electron chi connectivity index (χ4n) is 3.32. The van der Waals surface area contributed by atoms with Gasteiger partial charge in [0.05, 0.1) is 12.3 Å². The van der Waals surface area contributed by atoms with E-state index in [4.69, 9.17) is 0 Å². The van der Waals surface area contributed by atoms with Gasteiger partial charge < -0.3 is 10.4 Å². The molecule has 2 aromatic carbocycles. The van der Waals surface area contributed by atoms with Crippen LogP contribution in [0.2, 0.25) is 0 Å². The summed E-state index contributed by atoms with van der Waals surface area (Å²) in [6, 6.07) is 22.0. The van der Waals surface area contributed by atoms with Gasteiger partial charge in [0.2, 0.25) is 5.91 Å². The number of carbonyl (C=O) groups excluding carboxylic acids is 1. The number of rotatable bonds is 9. The molecule has 2 atom stereocenters. The summed E-state index contributed by atoms with van der Waals surface area (Å²) in [4.78, 5) is 24.8. The SMILES string of the molecule is C[C@H](C[C@@H](Cc1ccc(-c2ccccc2)cc1)NC(=O)Cc1cccs1)C(=O)O. The van der Waals surface area contributed by atoms with Crippen molar-refractivity contribution in [2.24, 2.45) is 5.92 Å². The number of carbonyl (C=O) groups is 2. The average Bonchev–Trinajstić information content (AvgIpc) is 3.22. The summed E-state index contributed by atoms with van der Waals surface area (Å²) >= 11 is 1.55. The molecule has 1 amide bonds. The molecule has 0 aliphatic rings. The molecule has 0 bridgehead atoms. The van der Waals surface area contributed by atoms with Crippen LogP contribution in [0.5, 0.6) is 0 Å². The van der Waals surface area contributed by atoms with Crippen molar-refractivity contribution in [2.45, 2.75) is 32.2 Å². The largest absolute Gasteiger partial charge is 0.481 e. The molecule has 1 aromatic heterocycles. The average molecular weight is 408 g/mol. The third-order valence-corrected chi connectivity index (χ3v) is 5.76. The molecule has 0 radical (unpaired) electrons. The van der Waals surface area contributed by atoms with Crippen LogP contribution in [0.25, 0.3) is 11.1 Å². The smallest absolute Gasteiger partial charge is 0.306 e. The minimum atomic E-state index is -0.845. The van der Waals surface area contributed by atoms with Gasteiger partial charge in [-0.2, -0.15) is 0 Å². The molecule has 3 rings (SSSR count). The Morgan fingerprint density at radius 2 is 1.66 bits per heavy atom. The second kappa shape index (κ2) is 10.0. The fourth-order valence-corrected chi connectivity index (χ4v) is 4.02. The third kappa shape index (κ3) is 6.29. The van der Waals surface area contributed by atoms with Crippen LogP contribution in [0.1, 0.15) is 23.8 Å². The quantitative estimate of drug-likeness (QED) is 0.536. The Hall–Kier alpha value is -2.92. The highest BCUT2D eigenvalue weighted by Crippen LogP contribution is 2.21. The van der Waals surface area contributed by atoms with E-state index in [1.54, 1.807) is 18.3 Å². The second-order valence-electron chi connectivity index (χ2n) is 7.26. The van der Waals surface area contributed by atoms with Gasteiger partial charge in [-0.05, 0) is 41.0 Å². The van der Waals surface area contributed by atoms with Crippen molar-refractivity contribution < 1.29 is 14.7 Å². The number of nitrogens with one attached hydrogen (secondary N) is 1. The number of thiophene rings is 1. The molecular formula is C24H25NO3S. The van der Waals surface area contributed by atoms with E-state index in [-0.39, 0.29) is 11.9 Å². The van der Waals surface area contributed by atoms with Gasteiger partial charge in [-0.1, -0.05) is 67.6 Å². The molecular weight excluding hydrogens is 382 g/mol. The van der Waals surface area contributed by atoms with Crippen LogP contribution in [0, 0.1) is 5.92 Å². The van der Waals surface area contributed by atoms with Crippen molar-refractivity contribution in [3.8, 4) is 11.1 Å². The van der Waals surface area contributed by atoms with Gasteiger partial charge in [0.15, 0.2) is 0 Å². The van der Waals surface area contributed by atoms with E-state index in [1.165, 1.54) is 0 Å². The maximum absolute atomic E-state index is 12.4. The highest BCUT2D eigenvalue weighted by atomic mass is 32.1. The van der Waals surface area contributed by atoms with Gasteiger partial charge in [-0.3, -0.25) is 9.59 Å². The van der Waals surface area contributed by atoms with E-state index in [0.717, 1.165) is 21.6 Å². The van der Waals surface area contributed by atoms with Crippen molar-refractivity contribution in [1.29, 1.82) is 0 Å². The fraction of sp³-hybridized carbons (Fsp3) is 0.250. The van der Waals surface area contributed by atoms with Crippen molar-refractivity contribution in [2.75, 3.05) is 0 Å². The molecule has 4 nitrogen and oxygen atoms in total. The zero-order chi connectivity index (χ0) is 20.6. The highest BCUT2D eigenvalue weighted by Gasteiger charge is 2.21. The lowest BCUT2D eigenvalue weighted by Crippen LogP contribution is -2.39. The van der Waals surface area contributed by atoms with E-state index in [9.17, 15) is 14.7 Å². The molecule has 0 saturated carbocycles. The summed E-state index contributed by atoms with van der Waals surface area (Å²) < 4.78 is 0. The van der Waals surface area contributed by atoms with E-state index < -0.39 is 11.9 Å². The first-order valence-electron chi connectivity index (χ1n) is 9.70. The summed E-state index contributed by atoms with van der Waals surface area (Å²) in [5.74, 6) is -1.44. The molecule has 1 heterocycles. The van der Waals surface area contributed by atoms with Gasteiger partial charge in [-0.15, -0.1) is 11.3 Å². The Morgan fingerprint density at radius 1 is 0.966 bits per heavy atom. The molecule has 29 heavy (non-hydrogen) atoms. The predicted molar refractivity (Wildman–Crippen MR) is 117 cm³/mol. The first-order valence-corrected chi connectivity index (χ1v) is 10.6.